The fourth-order valence-corrected chi connectivity index (χ4v) is 3.68. The number of fused-ring (bicyclic) bond motifs is 1. The van der Waals surface area contributed by atoms with E-state index in [2.05, 4.69) is 16.0 Å². The van der Waals surface area contributed by atoms with Crippen molar-refractivity contribution in [3.8, 4) is 6.07 Å². The van der Waals surface area contributed by atoms with Gasteiger partial charge < -0.3 is 9.88 Å². The molecule has 1 fully saturated rings. The van der Waals surface area contributed by atoms with Gasteiger partial charge in [-0.05, 0) is 47.7 Å². The predicted molar refractivity (Wildman–Crippen MR) is 105 cm³/mol. The maximum Gasteiger partial charge on any atom is 0.254 e. The summed E-state index contributed by atoms with van der Waals surface area (Å²) in [5.74, 6) is -0.293. The number of amides is 1. The summed E-state index contributed by atoms with van der Waals surface area (Å²) in [4.78, 5) is 19.9. The maximum atomic E-state index is 13.0. The largest absolute Gasteiger partial charge is 0.361 e. The first-order valence-corrected chi connectivity index (χ1v) is 9.38. The van der Waals surface area contributed by atoms with Gasteiger partial charge in [0, 0.05) is 43.5 Å². The highest BCUT2D eigenvalue weighted by Gasteiger charge is 2.29. The van der Waals surface area contributed by atoms with Crippen molar-refractivity contribution in [2.24, 2.45) is 0 Å². The average Bonchev–Trinajstić information content (AvgIpc) is 3.20. The van der Waals surface area contributed by atoms with E-state index in [0.29, 0.717) is 31.7 Å². The van der Waals surface area contributed by atoms with Crippen LogP contribution in [-0.2, 0) is 6.42 Å². The number of piperazine rings is 1. The van der Waals surface area contributed by atoms with Crippen LogP contribution < -0.4 is 0 Å². The Morgan fingerprint density at radius 2 is 2.00 bits per heavy atom. The third-order valence-corrected chi connectivity index (χ3v) is 5.33. The van der Waals surface area contributed by atoms with Gasteiger partial charge in [0.1, 0.15) is 11.9 Å². The van der Waals surface area contributed by atoms with Gasteiger partial charge in [-0.2, -0.15) is 5.26 Å². The third-order valence-electron chi connectivity index (χ3n) is 5.33. The Kier molecular flexibility index (Phi) is 5.09. The molecule has 1 unspecified atom stereocenters. The zero-order valence-electron chi connectivity index (χ0n) is 15.4. The van der Waals surface area contributed by atoms with Gasteiger partial charge in [0.15, 0.2) is 0 Å². The molecule has 6 heteroatoms. The van der Waals surface area contributed by atoms with E-state index in [4.69, 9.17) is 0 Å². The molecule has 0 bridgehead atoms. The lowest BCUT2D eigenvalue weighted by Gasteiger charge is -2.38. The molecule has 1 aromatic heterocycles. The second-order valence-corrected chi connectivity index (χ2v) is 7.09. The molecule has 0 aliphatic carbocycles. The highest BCUT2D eigenvalue weighted by molar-refractivity contribution is 5.98. The minimum absolute atomic E-state index is 0.0464. The molecule has 1 aliphatic heterocycles. The van der Waals surface area contributed by atoms with E-state index in [1.165, 1.54) is 12.1 Å². The number of nitriles is 1. The van der Waals surface area contributed by atoms with Gasteiger partial charge in [-0.1, -0.05) is 18.2 Å². The molecule has 28 heavy (non-hydrogen) atoms. The van der Waals surface area contributed by atoms with E-state index in [9.17, 15) is 14.4 Å². The highest BCUT2D eigenvalue weighted by Crippen LogP contribution is 2.18. The SMILES string of the molecule is N#CC1CN(C(=O)c2ccc3cc[nH]c3c2)CCN1CCc1ccc(F)cc1. The van der Waals surface area contributed by atoms with E-state index >= 15 is 0 Å². The number of halogens is 1. The van der Waals surface area contributed by atoms with Crippen LogP contribution in [0.15, 0.2) is 54.7 Å². The Balaban J connectivity index is 1.40. The number of carbonyl (C=O) groups excluding carboxylic acids is 1. The Morgan fingerprint density at radius 1 is 1.18 bits per heavy atom. The minimum Gasteiger partial charge on any atom is -0.361 e. The average molecular weight is 376 g/mol. The number of carbonyl (C=O) groups is 1. The standard InChI is InChI=1S/C22H21FN4O/c23-19-5-1-16(2-6-19)8-10-26-11-12-27(15-20(26)14-24)22(28)18-4-3-17-7-9-25-21(17)13-18/h1-7,9,13,20,25H,8,10-12,15H2. The number of rotatable bonds is 4. The molecule has 0 spiro atoms. The van der Waals surface area contributed by atoms with Crippen molar-refractivity contribution in [3.05, 3.63) is 71.7 Å². The molecular formula is C22H21FN4O. The number of aromatic nitrogens is 1. The zero-order valence-corrected chi connectivity index (χ0v) is 15.4. The van der Waals surface area contributed by atoms with E-state index < -0.39 is 0 Å². The number of hydrogen-bond donors (Lipinski definition) is 1. The first kappa shape index (κ1) is 18.2. The summed E-state index contributed by atoms with van der Waals surface area (Å²) in [6, 6.07) is 16.0. The maximum absolute atomic E-state index is 13.0. The molecule has 4 rings (SSSR count). The van der Waals surface area contributed by atoms with Crippen molar-refractivity contribution in [1.29, 1.82) is 5.26 Å². The van der Waals surface area contributed by atoms with Gasteiger partial charge in [-0.3, -0.25) is 9.69 Å². The van der Waals surface area contributed by atoms with Crippen LogP contribution in [0.4, 0.5) is 4.39 Å². The molecule has 2 heterocycles. The Labute approximate surface area is 163 Å². The second kappa shape index (κ2) is 7.83. The number of nitrogens with zero attached hydrogens (tertiary/aromatic N) is 3. The highest BCUT2D eigenvalue weighted by atomic mass is 19.1. The fourth-order valence-electron chi connectivity index (χ4n) is 3.68. The van der Waals surface area contributed by atoms with Crippen molar-refractivity contribution in [1.82, 2.24) is 14.8 Å². The van der Waals surface area contributed by atoms with Crippen LogP contribution in [0.2, 0.25) is 0 Å². The lowest BCUT2D eigenvalue weighted by atomic mass is 10.1. The zero-order chi connectivity index (χ0) is 19.5. The summed E-state index contributed by atoms with van der Waals surface area (Å²) in [7, 11) is 0. The Morgan fingerprint density at radius 3 is 2.79 bits per heavy atom. The van der Waals surface area contributed by atoms with E-state index in [0.717, 1.165) is 22.9 Å². The van der Waals surface area contributed by atoms with E-state index in [1.54, 1.807) is 17.0 Å². The van der Waals surface area contributed by atoms with E-state index in [1.807, 2.05) is 30.5 Å². The van der Waals surface area contributed by atoms with Crippen LogP contribution >= 0.6 is 0 Å². The summed E-state index contributed by atoms with van der Waals surface area (Å²) in [5.41, 5.74) is 2.60. The molecular weight excluding hydrogens is 355 g/mol. The van der Waals surface area contributed by atoms with Gasteiger partial charge in [0.05, 0.1) is 6.07 Å². The normalized spacial score (nSPS) is 17.6. The summed E-state index contributed by atoms with van der Waals surface area (Å²) < 4.78 is 13.0. The summed E-state index contributed by atoms with van der Waals surface area (Å²) in [5, 5.41) is 10.7. The molecule has 142 valence electrons. The summed E-state index contributed by atoms with van der Waals surface area (Å²) >= 11 is 0. The van der Waals surface area contributed by atoms with Gasteiger partial charge in [0.25, 0.3) is 5.91 Å². The molecule has 1 amide bonds. The number of aromatic amines is 1. The van der Waals surface area contributed by atoms with Crippen molar-refractivity contribution < 1.29 is 9.18 Å². The number of benzene rings is 2. The molecule has 1 N–H and O–H groups in total. The number of hydrogen-bond acceptors (Lipinski definition) is 3. The van der Waals surface area contributed by atoms with E-state index in [-0.39, 0.29) is 17.8 Å². The van der Waals surface area contributed by atoms with Crippen LogP contribution in [0.5, 0.6) is 0 Å². The van der Waals surface area contributed by atoms with Gasteiger partial charge in [-0.15, -0.1) is 0 Å². The van der Waals surface area contributed by atoms with Gasteiger partial charge in [0.2, 0.25) is 0 Å². The van der Waals surface area contributed by atoms with Crippen LogP contribution in [0, 0.1) is 17.1 Å². The van der Waals surface area contributed by atoms with Crippen molar-refractivity contribution in [3.63, 3.8) is 0 Å². The number of nitrogens with one attached hydrogen (secondary N) is 1. The Hall–Kier alpha value is -3.17. The van der Waals surface area contributed by atoms with Crippen LogP contribution in [0.3, 0.4) is 0 Å². The molecule has 0 saturated carbocycles. The lowest BCUT2D eigenvalue weighted by Crippen LogP contribution is -2.54. The van der Waals surface area contributed by atoms with Gasteiger partial charge >= 0.3 is 0 Å². The Bertz CT molecular complexity index is 1020. The van der Waals surface area contributed by atoms with Crippen molar-refractivity contribution >= 4 is 16.8 Å². The summed E-state index contributed by atoms with van der Waals surface area (Å²) in [6.45, 7) is 2.33. The quantitative estimate of drug-likeness (QED) is 0.761. The smallest absolute Gasteiger partial charge is 0.254 e. The molecule has 5 nitrogen and oxygen atoms in total. The molecule has 1 saturated heterocycles. The molecule has 0 radical (unpaired) electrons. The molecule has 2 aromatic carbocycles. The molecule has 1 aliphatic rings. The second-order valence-electron chi connectivity index (χ2n) is 7.09. The first-order valence-electron chi connectivity index (χ1n) is 9.38. The van der Waals surface area contributed by atoms with Crippen LogP contribution in [-0.4, -0.2) is 52.9 Å². The topological polar surface area (TPSA) is 63.1 Å². The number of H-pyrrole nitrogens is 1. The van der Waals surface area contributed by atoms with Crippen molar-refractivity contribution in [2.75, 3.05) is 26.2 Å². The predicted octanol–water partition coefficient (Wildman–Crippen LogP) is 3.20. The fraction of sp³-hybridized carbons (Fsp3) is 0.273. The molecule has 3 aromatic rings. The lowest BCUT2D eigenvalue weighted by molar-refractivity contribution is 0.0569. The molecule has 1 atom stereocenters. The van der Waals surface area contributed by atoms with Crippen LogP contribution in [0.1, 0.15) is 15.9 Å². The van der Waals surface area contributed by atoms with Crippen molar-refractivity contribution in [2.45, 2.75) is 12.5 Å². The van der Waals surface area contributed by atoms with Crippen LogP contribution in [0.25, 0.3) is 10.9 Å². The first-order chi connectivity index (χ1) is 13.6. The van der Waals surface area contributed by atoms with Gasteiger partial charge in [-0.25, -0.2) is 4.39 Å². The summed E-state index contributed by atoms with van der Waals surface area (Å²) in [6.07, 6.45) is 2.60. The minimum atomic E-state index is -0.340. The monoisotopic (exact) mass is 376 g/mol. The third kappa shape index (κ3) is 3.75.